The van der Waals surface area contributed by atoms with Crippen LogP contribution in [0.4, 0.5) is 9.59 Å². The molecule has 0 unspecified atom stereocenters. The zero-order valence-electron chi connectivity index (χ0n) is 23.3. The third-order valence-electron chi connectivity index (χ3n) is 6.24. The van der Waals surface area contributed by atoms with Gasteiger partial charge in [-0.1, -0.05) is 30.3 Å². The molecule has 4 rings (SSSR count). The van der Waals surface area contributed by atoms with Crippen LogP contribution in [-0.4, -0.2) is 82.5 Å². The van der Waals surface area contributed by atoms with Crippen molar-refractivity contribution in [1.29, 1.82) is 0 Å². The van der Waals surface area contributed by atoms with Gasteiger partial charge in [0.2, 0.25) is 5.91 Å². The summed E-state index contributed by atoms with van der Waals surface area (Å²) >= 11 is 0. The molecule has 2 aliphatic heterocycles. The monoisotopic (exact) mass is 556 g/mol. The summed E-state index contributed by atoms with van der Waals surface area (Å²) in [4.78, 5) is 54.7. The van der Waals surface area contributed by atoms with Gasteiger partial charge in [0.25, 0.3) is 0 Å². The minimum absolute atomic E-state index is 0.194. The van der Waals surface area contributed by atoms with E-state index in [2.05, 4.69) is 26.2 Å². The van der Waals surface area contributed by atoms with Gasteiger partial charge in [-0.15, -0.1) is 0 Å². The number of hydroxylamine groups is 3. The Morgan fingerprint density at radius 3 is 2.58 bits per heavy atom. The molecular weight excluding hydrogens is 520 g/mol. The molecule has 1 aromatic carbocycles. The number of fused-ring (bicyclic) bond motifs is 4. The smallest absolute Gasteiger partial charge is 0.407 e. The van der Waals surface area contributed by atoms with Gasteiger partial charge in [-0.05, 0) is 26.3 Å². The second-order valence-corrected chi connectivity index (χ2v) is 10.3. The quantitative estimate of drug-likeness (QED) is 0.173. The molecule has 14 nitrogen and oxygen atoms in total. The summed E-state index contributed by atoms with van der Waals surface area (Å²) in [6.07, 6.45) is 1.17. The lowest BCUT2D eigenvalue weighted by Gasteiger charge is -2.32. The van der Waals surface area contributed by atoms with Gasteiger partial charge in [0, 0.05) is 32.7 Å². The summed E-state index contributed by atoms with van der Waals surface area (Å²) < 4.78 is 6.85. The number of carbonyl (C=O) groups excluding carboxylic acids is 3. The number of aliphatic imine (C=N–C) groups is 1. The van der Waals surface area contributed by atoms with E-state index in [-0.39, 0.29) is 38.4 Å². The van der Waals surface area contributed by atoms with E-state index in [4.69, 9.17) is 14.4 Å². The molecule has 14 heteroatoms. The predicted octanol–water partition coefficient (Wildman–Crippen LogP) is 1.58. The summed E-state index contributed by atoms with van der Waals surface area (Å²) in [5, 5.41) is 11.0. The Balaban J connectivity index is 1.32. The lowest BCUT2D eigenvalue weighted by Crippen LogP contribution is -2.45. The number of amides is 4. The number of nitrogens with one attached hydrogen (secondary N) is 3. The number of aromatic nitrogens is 2. The van der Waals surface area contributed by atoms with Crippen LogP contribution < -0.4 is 16.1 Å². The van der Waals surface area contributed by atoms with Crippen LogP contribution in [0.2, 0.25) is 0 Å². The van der Waals surface area contributed by atoms with Crippen LogP contribution in [0.15, 0.2) is 41.5 Å². The average molecular weight is 557 g/mol. The number of aryl methyl sites for hydroxylation is 1. The van der Waals surface area contributed by atoms with Crippen LogP contribution in [-0.2, 0) is 32.9 Å². The van der Waals surface area contributed by atoms with Crippen molar-refractivity contribution in [3.63, 3.8) is 0 Å². The summed E-state index contributed by atoms with van der Waals surface area (Å²) in [5.41, 5.74) is 4.70. The molecule has 1 saturated heterocycles. The molecule has 2 aromatic rings. The normalized spacial score (nSPS) is 18.4. The Kier molecular flexibility index (Phi) is 8.90. The van der Waals surface area contributed by atoms with E-state index in [1.807, 2.05) is 30.3 Å². The number of hydrogen-bond donors (Lipinski definition) is 3. The minimum Gasteiger partial charge on any atom is -0.444 e. The molecule has 0 aliphatic carbocycles. The Morgan fingerprint density at radius 2 is 1.88 bits per heavy atom. The van der Waals surface area contributed by atoms with Crippen molar-refractivity contribution in [3.8, 4) is 0 Å². The van der Waals surface area contributed by atoms with Gasteiger partial charge in [-0.2, -0.15) is 10.2 Å². The van der Waals surface area contributed by atoms with Crippen LogP contribution >= 0.6 is 0 Å². The number of hydrogen-bond acceptors (Lipinski definition) is 8. The van der Waals surface area contributed by atoms with Crippen molar-refractivity contribution in [2.45, 2.75) is 45.1 Å². The van der Waals surface area contributed by atoms with Crippen LogP contribution in [0.3, 0.4) is 0 Å². The van der Waals surface area contributed by atoms with E-state index in [0.717, 1.165) is 16.8 Å². The van der Waals surface area contributed by atoms with Crippen molar-refractivity contribution in [1.82, 2.24) is 35.9 Å². The standard InChI is InChI=1S/C26H36N8O6/c1-26(2,3)40-24(36)29-12-11-28-20(35)16-38-31-23(27-4)22-21-18(13-30-32(21)5)19-14-33(22)25(37)34(19)39-15-17-9-7-6-8-10-17/h6-10,13,19,22H,11-12,14-16H2,1-5H3,(H,27,31)(H,28,35)(H,29,36)/t19-,22+/m1/s1. The van der Waals surface area contributed by atoms with Crippen molar-refractivity contribution in [2.24, 2.45) is 12.0 Å². The maximum atomic E-state index is 13.4. The summed E-state index contributed by atoms with van der Waals surface area (Å²) in [7, 11) is 3.37. The Hall–Kier alpha value is -4.17. The second-order valence-electron chi connectivity index (χ2n) is 10.3. The third-order valence-corrected chi connectivity index (χ3v) is 6.24. The largest absolute Gasteiger partial charge is 0.444 e. The number of urea groups is 1. The number of rotatable bonds is 10. The molecule has 4 amide bonds. The highest BCUT2D eigenvalue weighted by molar-refractivity contribution is 5.93. The first-order valence-electron chi connectivity index (χ1n) is 13.0. The molecule has 0 radical (unpaired) electrons. The summed E-state index contributed by atoms with van der Waals surface area (Å²) in [6, 6.07) is 8.36. The molecule has 3 N–H and O–H groups in total. The fraction of sp³-hybridized carbons (Fsp3) is 0.500. The first-order valence-corrected chi connectivity index (χ1v) is 13.0. The average Bonchev–Trinajstić information content (AvgIpc) is 3.42. The molecule has 2 aliphatic rings. The minimum atomic E-state index is -0.623. The van der Waals surface area contributed by atoms with Gasteiger partial charge >= 0.3 is 12.1 Å². The van der Waals surface area contributed by atoms with E-state index < -0.39 is 23.6 Å². The number of alkyl carbamates (subject to hydrolysis) is 1. The highest BCUT2D eigenvalue weighted by atomic mass is 16.7. The van der Waals surface area contributed by atoms with Crippen LogP contribution in [0.5, 0.6) is 0 Å². The molecule has 0 spiro atoms. The van der Waals surface area contributed by atoms with Crippen LogP contribution in [0.1, 0.15) is 49.7 Å². The highest BCUT2D eigenvalue weighted by Gasteiger charge is 2.52. The van der Waals surface area contributed by atoms with Gasteiger partial charge < -0.3 is 20.3 Å². The number of nitrogens with zero attached hydrogens (tertiary/aromatic N) is 5. The molecule has 0 saturated carbocycles. The molecule has 1 aromatic heterocycles. The zero-order chi connectivity index (χ0) is 28.9. The fourth-order valence-electron chi connectivity index (χ4n) is 4.51. The molecule has 216 valence electrons. The number of carbonyl (C=O) groups is 3. The van der Waals surface area contributed by atoms with E-state index in [9.17, 15) is 14.4 Å². The lowest BCUT2D eigenvalue weighted by atomic mass is 9.97. The Labute approximate surface area is 232 Å². The van der Waals surface area contributed by atoms with Crippen LogP contribution in [0, 0.1) is 0 Å². The zero-order valence-corrected chi connectivity index (χ0v) is 23.3. The van der Waals surface area contributed by atoms with Crippen molar-refractivity contribution in [2.75, 3.05) is 33.3 Å². The number of amidine groups is 1. The van der Waals surface area contributed by atoms with Gasteiger partial charge in [-0.25, -0.2) is 9.59 Å². The molecule has 3 heterocycles. The Morgan fingerprint density at radius 1 is 1.15 bits per heavy atom. The molecule has 2 bridgehead atoms. The summed E-state index contributed by atoms with van der Waals surface area (Å²) in [6.45, 7) is 5.99. The van der Waals surface area contributed by atoms with E-state index >= 15 is 0 Å². The van der Waals surface area contributed by atoms with Gasteiger partial charge in [-0.3, -0.25) is 29.6 Å². The highest BCUT2D eigenvalue weighted by Crippen LogP contribution is 2.44. The molecule has 2 atom stereocenters. The van der Waals surface area contributed by atoms with E-state index in [0.29, 0.717) is 12.4 Å². The van der Waals surface area contributed by atoms with Crippen molar-refractivity contribution >= 4 is 23.9 Å². The van der Waals surface area contributed by atoms with E-state index in [1.165, 1.54) is 5.06 Å². The molecule has 40 heavy (non-hydrogen) atoms. The maximum absolute atomic E-state index is 13.4. The first kappa shape index (κ1) is 28.8. The molecular formula is C26H36N8O6. The Bertz CT molecular complexity index is 1240. The summed E-state index contributed by atoms with van der Waals surface area (Å²) in [5.74, 6) is -0.0717. The van der Waals surface area contributed by atoms with E-state index in [1.54, 1.807) is 50.6 Å². The van der Waals surface area contributed by atoms with Crippen molar-refractivity contribution in [3.05, 3.63) is 53.3 Å². The predicted molar refractivity (Wildman–Crippen MR) is 144 cm³/mol. The maximum Gasteiger partial charge on any atom is 0.407 e. The second kappa shape index (κ2) is 12.3. The number of ether oxygens (including phenoxy) is 1. The van der Waals surface area contributed by atoms with Gasteiger partial charge in [0.05, 0.1) is 18.4 Å². The number of benzene rings is 1. The lowest BCUT2D eigenvalue weighted by molar-refractivity contribution is -0.141. The fourth-order valence-corrected chi connectivity index (χ4v) is 4.51. The van der Waals surface area contributed by atoms with Crippen molar-refractivity contribution < 1.29 is 28.8 Å². The SMILES string of the molecule is CN=C(NOCC(=O)NCCNC(=O)OC(C)(C)C)[C@@H]1c2c(cnn2C)[C@H]2CN1C(=O)N2OCc1ccccc1. The van der Waals surface area contributed by atoms with Gasteiger partial charge in [0.15, 0.2) is 6.61 Å². The van der Waals surface area contributed by atoms with Crippen LogP contribution in [0.25, 0.3) is 0 Å². The first-order chi connectivity index (χ1) is 19.1. The molecule has 1 fully saturated rings. The third kappa shape index (κ3) is 6.69. The topological polar surface area (TPSA) is 152 Å². The van der Waals surface area contributed by atoms with Gasteiger partial charge in [0.1, 0.15) is 30.1 Å².